The van der Waals surface area contributed by atoms with Crippen molar-refractivity contribution in [1.82, 2.24) is 19.4 Å². The lowest BCUT2D eigenvalue weighted by molar-refractivity contribution is -0.129. The summed E-state index contributed by atoms with van der Waals surface area (Å²) in [6.07, 6.45) is 3.69. The second-order valence-electron chi connectivity index (χ2n) is 7.31. The van der Waals surface area contributed by atoms with Gasteiger partial charge in [0.2, 0.25) is 5.91 Å². The molecule has 156 valence electrons. The van der Waals surface area contributed by atoms with Gasteiger partial charge in [-0.2, -0.15) is 0 Å². The van der Waals surface area contributed by atoms with Crippen LogP contribution in [0.25, 0.3) is 5.69 Å². The van der Waals surface area contributed by atoms with E-state index in [0.717, 1.165) is 15.7 Å². The van der Waals surface area contributed by atoms with E-state index < -0.39 is 0 Å². The van der Waals surface area contributed by atoms with Gasteiger partial charge in [0, 0.05) is 38.6 Å². The molecule has 3 aromatic rings. The summed E-state index contributed by atoms with van der Waals surface area (Å²) < 4.78 is 2.03. The summed E-state index contributed by atoms with van der Waals surface area (Å²) in [4.78, 5) is 34.0. The molecule has 2 amide bonds. The molecule has 2 aromatic heterocycles. The van der Waals surface area contributed by atoms with Crippen LogP contribution in [-0.4, -0.2) is 63.1 Å². The van der Waals surface area contributed by atoms with E-state index in [2.05, 4.69) is 37.0 Å². The van der Waals surface area contributed by atoms with Gasteiger partial charge < -0.3 is 9.80 Å². The van der Waals surface area contributed by atoms with Crippen LogP contribution >= 0.6 is 23.1 Å². The second-order valence-corrected chi connectivity index (χ2v) is 9.20. The van der Waals surface area contributed by atoms with Crippen molar-refractivity contribution in [3.05, 3.63) is 64.1 Å². The summed E-state index contributed by atoms with van der Waals surface area (Å²) in [7, 11) is 0. The van der Waals surface area contributed by atoms with Crippen LogP contribution in [0.4, 0.5) is 0 Å². The van der Waals surface area contributed by atoms with Gasteiger partial charge in [-0.25, -0.2) is 4.98 Å². The van der Waals surface area contributed by atoms with Crippen molar-refractivity contribution in [2.45, 2.75) is 19.0 Å². The summed E-state index contributed by atoms with van der Waals surface area (Å²) in [6, 6.07) is 10.0. The first-order valence-electron chi connectivity index (χ1n) is 9.87. The first-order chi connectivity index (χ1) is 14.5. The van der Waals surface area contributed by atoms with Gasteiger partial charge in [-0.1, -0.05) is 35.5 Å². The number of nitrogens with zero attached hydrogens (tertiary/aromatic N) is 4. The largest absolute Gasteiger partial charge is 0.338 e. The van der Waals surface area contributed by atoms with Crippen LogP contribution in [0.2, 0.25) is 0 Å². The molecular formula is C22H24N4O2S2. The molecule has 0 aliphatic carbocycles. The Hall–Kier alpha value is -2.58. The Morgan fingerprint density at radius 3 is 2.57 bits per heavy atom. The first-order valence-corrected chi connectivity index (χ1v) is 11.7. The summed E-state index contributed by atoms with van der Waals surface area (Å²) in [5.74, 6) is 0.473. The Bertz CT molecular complexity index is 1040. The number of thioether (sulfide) groups is 1. The average molecular weight is 441 g/mol. The molecule has 6 nitrogen and oxygen atoms in total. The van der Waals surface area contributed by atoms with Gasteiger partial charge in [0.25, 0.3) is 5.91 Å². The quantitative estimate of drug-likeness (QED) is 0.569. The van der Waals surface area contributed by atoms with Gasteiger partial charge in [-0.15, -0.1) is 11.3 Å². The highest BCUT2D eigenvalue weighted by Crippen LogP contribution is 2.24. The lowest BCUT2D eigenvalue weighted by Crippen LogP contribution is -2.51. The molecule has 1 aromatic carbocycles. The number of hydrogen-bond acceptors (Lipinski definition) is 5. The smallest absolute Gasteiger partial charge is 0.264 e. The molecule has 3 heterocycles. The molecule has 1 aliphatic rings. The number of thiophene rings is 1. The second kappa shape index (κ2) is 9.06. The van der Waals surface area contributed by atoms with Gasteiger partial charge in [0.15, 0.2) is 5.16 Å². The van der Waals surface area contributed by atoms with Crippen LogP contribution in [0.3, 0.4) is 0 Å². The van der Waals surface area contributed by atoms with E-state index in [1.807, 2.05) is 38.1 Å². The van der Waals surface area contributed by atoms with E-state index in [1.165, 1.54) is 34.2 Å². The Balaban J connectivity index is 1.33. The number of rotatable bonds is 5. The highest BCUT2D eigenvalue weighted by Gasteiger charge is 2.25. The van der Waals surface area contributed by atoms with E-state index in [1.54, 1.807) is 6.20 Å². The maximum absolute atomic E-state index is 12.7. The number of hydrogen-bond donors (Lipinski definition) is 0. The van der Waals surface area contributed by atoms with Gasteiger partial charge in [0.1, 0.15) is 0 Å². The molecule has 1 saturated heterocycles. The summed E-state index contributed by atoms with van der Waals surface area (Å²) in [6.45, 7) is 6.45. The Morgan fingerprint density at radius 2 is 1.87 bits per heavy atom. The van der Waals surface area contributed by atoms with E-state index in [4.69, 9.17) is 0 Å². The van der Waals surface area contributed by atoms with Crippen LogP contribution in [0, 0.1) is 13.8 Å². The van der Waals surface area contributed by atoms with Crippen LogP contribution in [0.15, 0.2) is 53.3 Å². The fourth-order valence-electron chi connectivity index (χ4n) is 3.59. The molecule has 4 rings (SSSR count). The maximum Gasteiger partial charge on any atom is 0.264 e. The van der Waals surface area contributed by atoms with E-state index in [0.29, 0.717) is 31.9 Å². The molecule has 1 aliphatic heterocycles. The van der Waals surface area contributed by atoms with E-state index in [-0.39, 0.29) is 11.8 Å². The minimum atomic E-state index is 0.0574. The van der Waals surface area contributed by atoms with Gasteiger partial charge >= 0.3 is 0 Å². The van der Waals surface area contributed by atoms with Crippen molar-refractivity contribution in [3.63, 3.8) is 0 Å². The molecule has 8 heteroatoms. The number of benzene rings is 1. The molecule has 0 bridgehead atoms. The van der Waals surface area contributed by atoms with Crippen molar-refractivity contribution in [3.8, 4) is 5.69 Å². The summed E-state index contributed by atoms with van der Waals surface area (Å²) in [5, 5.41) is 2.72. The molecular weight excluding hydrogens is 416 g/mol. The minimum absolute atomic E-state index is 0.0574. The van der Waals surface area contributed by atoms with Crippen molar-refractivity contribution < 1.29 is 9.59 Å². The van der Waals surface area contributed by atoms with E-state index >= 15 is 0 Å². The lowest BCUT2D eigenvalue weighted by atomic mass is 10.1. The highest BCUT2D eigenvalue weighted by molar-refractivity contribution is 7.99. The molecule has 0 spiro atoms. The topological polar surface area (TPSA) is 58.4 Å². The molecule has 0 radical (unpaired) electrons. The molecule has 0 N–H and O–H groups in total. The van der Waals surface area contributed by atoms with Crippen LogP contribution in [0.5, 0.6) is 0 Å². The van der Waals surface area contributed by atoms with Gasteiger partial charge in [-0.05, 0) is 36.9 Å². The number of amides is 2. The third-order valence-corrected chi connectivity index (χ3v) is 7.00. The zero-order chi connectivity index (χ0) is 21.1. The molecule has 0 atom stereocenters. The normalized spacial score (nSPS) is 14.2. The van der Waals surface area contributed by atoms with Crippen LogP contribution in [0.1, 0.15) is 20.8 Å². The van der Waals surface area contributed by atoms with Gasteiger partial charge in [0.05, 0.1) is 16.3 Å². The monoisotopic (exact) mass is 440 g/mol. The van der Waals surface area contributed by atoms with Gasteiger partial charge in [-0.3, -0.25) is 14.2 Å². The lowest BCUT2D eigenvalue weighted by Gasteiger charge is -2.34. The number of carbonyl (C=O) groups is 2. The fraction of sp³-hybridized carbons (Fsp3) is 0.318. The maximum atomic E-state index is 12.7. The zero-order valence-corrected chi connectivity index (χ0v) is 18.7. The third-order valence-electron chi connectivity index (χ3n) is 5.19. The molecule has 30 heavy (non-hydrogen) atoms. The Kier molecular flexibility index (Phi) is 6.24. The predicted molar refractivity (Wildman–Crippen MR) is 121 cm³/mol. The zero-order valence-electron chi connectivity index (χ0n) is 17.1. The average Bonchev–Trinajstić information content (AvgIpc) is 3.44. The molecule has 0 saturated carbocycles. The van der Waals surface area contributed by atoms with E-state index in [9.17, 15) is 9.59 Å². The number of aryl methyl sites for hydroxylation is 2. The Labute approximate surface area is 184 Å². The van der Waals surface area contributed by atoms with Crippen molar-refractivity contribution in [2.24, 2.45) is 0 Å². The molecule has 0 unspecified atom stereocenters. The summed E-state index contributed by atoms with van der Waals surface area (Å²) >= 11 is 2.91. The third kappa shape index (κ3) is 4.44. The van der Waals surface area contributed by atoms with Crippen LogP contribution in [-0.2, 0) is 4.79 Å². The number of imidazole rings is 1. The Morgan fingerprint density at radius 1 is 1.10 bits per heavy atom. The standard InChI is InChI=1S/C22H24N4O2S2/c1-16-5-6-18(17(2)14-16)26-8-7-23-22(26)30-15-20(27)24-9-11-25(12-10-24)21(28)19-4-3-13-29-19/h3-8,13-14H,9-12,15H2,1-2H3. The fourth-order valence-corrected chi connectivity index (χ4v) is 5.15. The van der Waals surface area contributed by atoms with Crippen molar-refractivity contribution >= 4 is 34.9 Å². The number of piperazine rings is 1. The number of aromatic nitrogens is 2. The van der Waals surface area contributed by atoms with Crippen molar-refractivity contribution in [2.75, 3.05) is 31.9 Å². The summed E-state index contributed by atoms with van der Waals surface area (Å²) in [5.41, 5.74) is 3.47. The predicted octanol–water partition coefficient (Wildman–Crippen LogP) is 3.63. The van der Waals surface area contributed by atoms with Crippen molar-refractivity contribution in [1.29, 1.82) is 0 Å². The minimum Gasteiger partial charge on any atom is -0.338 e. The molecule has 1 fully saturated rings. The highest BCUT2D eigenvalue weighted by atomic mass is 32.2. The first kappa shape index (κ1) is 20.7. The SMILES string of the molecule is Cc1ccc(-n2ccnc2SCC(=O)N2CCN(C(=O)c3cccs3)CC2)c(C)c1. The van der Waals surface area contributed by atoms with Crippen LogP contribution < -0.4 is 0 Å². The number of carbonyl (C=O) groups excluding carboxylic acids is 2.